The second kappa shape index (κ2) is 5.46. The number of hydrazine groups is 1. The summed E-state index contributed by atoms with van der Waals surface area (Å²) < 4.78 is 18.8. The van der Waals surface area contributed by atoms with Gasteiger partial charge in [0.05, 0.1) is 0 Å². The lowest BCUT2D eigenvalue weighted by molar-refractivity contribution is -0.128. The number of nitrogens with one attached hydrogen (secondary N) is 1. The molecule has 1 rings (SSSR count). The molecular weight excluding hydrogens is 211 g/mol. The van der Waals surface area contributed by atoms with Gasteiger partial charge in [-0.1, -0.05) is 19.1 Å². The highest BCUT2D eigenvalue weighted by atomic mass is 19.1. The number of nitrogens with two attached hydrogens (primary N) is 1. The molecular formula is C11H15FN2O2. The van der Waals surface area contributed by atoms with Gasteiger partial charge in [-0.15, -0.1) is 0 Å². The predicted octanol–water partition coefficient (Wildman–Crippen LogP) is 1.28. The lowest BCUT2D eigenvalue weighted by Crippen LogP contribution is -2.41. The lowest BCUT2D eigenvalue weighted by Gasteiger charge is -2.16. The third kappa shape index (κ3) is 2.70. The summed E-state index contributed by atoms with van der Waals surface area (Å²) in [7, 11) is 0. The molecule has 1 atom stereocenters. The van der Waals surface area contributed by atoms with Crippen LogP contribution in [0.4, 0.5) is 4.39 Å². The van der Waals surface area contributed by atoms with Gasteiger partial charge in [-0.3, -0.25) is 10.2 Å². The van der Waals surface area contributed by atoms with E-state index in [4.69, 9.17) is 10.6 Å². The van der Waals surface area contributed by atoms with Gasteiger partial charge < -0.3 is 4.74 Å². The third-order valence-electron chi connectivity index (χ3n) is 2.23. The van der Waals surface area contributed by atoms with Crippen LogP contribution >= 0.6 is 0 Å². The van der Waals surface area contributed by atoms with Gasteiger partial charge in [0, 0.05) is 0 Å². The van der Waals surface area contributed by atoms with Crippen molar-refractivity contribution in [3.63, 3.8) is 0 Å². The van der Waals surface area contributed by atoms with Crippen molar-refractivity contribution in [3.8, 4) is 5.75 Å². The van der Waals surface area contributed by atoms with Crippen molar-refractivity contribution in [1.29, 1.82) is 0 Å². The van der Waals surface area contributed by atoms with Crippen LogP contribution in [0.25, 0.3) is 0 Å². The molecule has 3 N–H and O–H groups in total. The Kier molecular flexibility index (Phi) is 4.25. The standard InChI is InChI=1S/C11H15FN2O2/c1-3-8(11(15)14-13)16-9-6-4-5-7(2)10(9)12/h4-6,8H,3,13H2,1-2H3,(H,14,15). The normalized spacial score (nSPS) is 12.0. The molecule has 16 heavy (non-hydrogen) atoms. The number of carbonyl (C=O) groups excluding carboxylic acids is 1. The minimum Gasteiger partial charge on any atom is -0.477 e. The monoisotopic (exact) mass is 226 g/mol. The van der Waals surface area contributed by atoms with Crippen LogP contribution in [-0.2, 0) is 4.79 Å². The van der Waals surface area contributed by atoms with Crippen LogP contribution in [0.3, 0.4) is 0 Å². The van der Waals surface area contributed by atoms with Gasteiger partial charge in [0.2, 0.25) is 0 Å². The van der Waals surface area contributed by atoms with Crippen LogP contribution in [0.2, 0.25) is 0 Å². The fourth-order valence-corrected chi connectivity index (χ4v) is 1.28. The first-order valence-electron chi connectivity index (χ1n) is 5.02. The Hall–Kier alpha value is -1.62. The van der Waals surface area contributed by atoms with Crippen molar-refractivity contribution < 1.29 is 13.9 Å². The molecule has 4 nitrogen and oxygen atoms in total. The van der Waals surface area contributed by atoms with Crippen molar-refractivity contribution in [2.24, 2.45) is 5.84 Å². The molecule has 0 aromatic heterocycles. The van der Waals surface area contributed by atoms with E-state index in [1.165, 1.54) is 6.07 Å². The molecule has 0 aliphatic carbocycles. The molecule has 0 heterocycles. The summed E-state index contributed by atoms with van der Waals surface area (Å²) in [6.45, 7) is 3.39. The molecule has 0 bridgehead atoms. The number of hydrogen-bond acceptors (Lipinski definition) is 3. The van der Waals surface area contributed by atoms with Crippen LogP contribution < -0.4 is 16.0 Å². The van der Waals surface area contributed by atoms with Gasteiger partial charge in [-0.2, -0.15) is 0 Å². The van der Waals surface area contributed by atoms with E-state index in [9.17, 15) is 9.18 Å². The number of carbonyl (C=O) groups is 1. The van der Waals surface area contributed by atoms with Gasteiger partial charge in [-0.05, 0) is 25.0 Å². The van der Waals surface area contributed by atoms with Gasteiger partial charge >= 0.3 is 0 Å². The van der Waals surface area contributed by atoms with Crippen molar-refractivity contribution in [3.05, 3.63) is 29.6 Å². The Labute approximate surface area is 93.6 Å². The minimum absolute atomic E-state index is 0.0652. The van der Waals surface area contributed by atoms with E-state index < -0.39 is 17.8 Å². The van der Waals surface area contributed by atoms with E-state index in [2.05, 4.69) is 0 Å². The summed E-state index contributed by atoms with van der Waals surface area (Å²) in [5, 5.41) is 0. The maximum absolute atomic E-state index is 13.6. The quantitative estimate of drug-likeness (QED) is 0.462. The zero-order valence-corrected chi connectivity index (χ0v) is 9.29. The lowest BCUT2D eigenvalue weighted by atomic mass is 10.2. The summed E-state index contributed by atoms with van der Waals surface area (Å²) in [4.78, 5) is 11.3. The number of benzene rings is 1. The van der Waals surface area contributed by atoms with Gasteiger partial charge in [0.25, 0.3) is 5.91 Å². The molecule has 1 aromatic carbocycles. The third-order valence-corrected chi connectivity index (χ3v) is 2.23. The van der Waals surface area contributed by atoms with Crippen LogP contribution in [-0.4, -0.2) is 12.0 Å². The number of hydrogen-bond donors (Lipinski definition) is 2. The molecule has 0 fully saturated rings. The summed E-state index contributed by atoms with van der Waals surface area (Å²) >= 11 is 0. The number of amides is 1. The highest BCUT2D eigenvalue weighted by Crippen LogP contribution is 2.21. The molecule has 5 heteroatoms. The summed E-state index contributed by atoms with van der Waals surface area (Å²) in [5.74, 6) is 4.14. The van der Waals surface area contributed by atoms with E-state index in [0.29, 0.717) is 12.0 Å². The number of ether oxygens (including phenoxy) is 1. The van der Waals surface area contributed by atoms with Crippen molar-refractivity contribution >= 4 is 5.91 Å². The predicted molar refractivity (Wildman–Crippen MR) is 58.2 cm³/mol. The fourth-order valence-electron chi connectivity index (χ4n) is 1.28. The SMILES string of the molecule is CCC(Oc1cccc(C)c1F)C(=O)NN. The van der Waals surface area contributed by atoms with Crippen molar-refractivity contribution in [1.82, 2.24) is 5.43 Å². The average Bonchev–Trinajstić information content (AvgIpc) is 2.30. The molecule has 0 saturated carbocycles. The smallest absolute Gasteiger partial charge is 0.274 e. The van der Waals surface area contributed by atoms with E-state index in [0.717, 1.165) is 0 Å². The van der Waals surface area contributed by atoms with Crippen LogP contribution in [0.1, 0.15) is 18.9 Å². The summed E-state index contributed by atoms with van der Waals surface area (Å²) in [5.41, 5.74) is 2.46. The average molecular weight is 226 g/mol. The molecule has 88 valence electrons. The topological polar surface area (TPSA) is 64.3 Å². The second-order valence-electron chi connectivity index (χ2n) is 3.41. The van der Waals surface area contributed by atoms with E-state index in [-0.39, 0.29) is 5.75 Å². The van der Waals surface area contributed by atoms with Gasteiger partial charge in [-0.25, -0.2) is 10.2 Å². The van der Waals surface area contributed by atoms with Gasteiger partial charge in [0.1, 0.15) is 0 Å². The first-order chi connectivity index (χ1) is 7.60. The highest BCUT2D eigenvalue weighted by Gasteiger charge is 2.19. The van der Waals surface area contributed by atoms with Gasteiger partial charge in [0.15, 0.2) is 17.7 Å². The van der Waals surface area contributed by atoms with Crippen molar-refractivity contribution in [2.75, 3.05) is 0 Å². The van der Waals surface area contributed by atoms with Crippen LogP contribution in [0, 0.1) is 12.7 Å². The summed E-state index contributed by atoms with van der Waals surface area (Å²) in [6.07, 6.45) is -0.363. The maximum atomic E-state index is 13.6. The molecule has 1 amide bonds. The molecule has 0 spiro atoms. The van der Waals surface area contributed by atoms with Crippen LogP contribution in [0.5, 0.6) is 5.75 Å². The Morgan fingerprint density at radius 3 is 2.88 bits per heavy atom. The molecule has 1 aromatic rings. The Morgan fingerprint density at radius 2 is 2.31 bits per heavy atom. The Bertz CT molecular complexity index is 382. The zero-order valence-electron chi connectivity index (χ0n) is 9.29. The maximum Gasteiger partial charge on any atom is 0.274 e. The second-order valence-corrected chi connectivity index (χ2v) is 3.41. The Morgan fingerprint density at radius 1 is 1.62 bits per heavy atom. The van der Waals surface area contributed by atoms with Crippen LogP contribution in [0.15, 0.2) is 18.2 Å². The Balaban J connectivity index is 2.86. The molecule has 0 aliphatic heterocycles. The zero-order chi connectivity index (χ0) is 12.1. The first kappa shape index (κ1) is 12.4. The fraction of sp³-hybridized carbons (Fsp3) is 0.364. The molecule has 0 aliphatic rings. The van der Waals surface area contributed by atoms with E-state index >= 15 is 0 Å². The summed E-state index contributed by atoms with van der Waals surface area (Å²) in [6, 6.07) is 4.78. The number of halogens is 1. The minimum atomic E-state index is -0.777. The molecule has 0 saturated heterocycles. The first-order valence-corrected chi connectivity index (χ1v) is 5.02. The largest absolute Gasteiger partial charge is 0.477 e. The van der Waals surface area contributed by atoms with E-state index in [1.807, 2.05) is 5.43 Å². The molecule has 1 unspecified atom stereocenters. The molecule has 0 radical (unpaired) electrons. The number of rotatable bonds is 4. The van der Waals surface area contributed by atoms with E-state index in [1.54, 1.807) is 26.0 Å². The highest BCUT2D eigenvalue weighted by molar-refractivity contribution is 5.80. The number of aryl methyl sites for hydroxylation is 1. The van der Waals surface area contributed by atoms with Crippen molar-refractivity contribution in [2.45, 2.75) is 26.4 Å².